The summed E-state index contributed by atoms with van der Waals surface area (Å²) in [5.41, 5.74) is 6.61. The van der Waals surface area contributed by atoms with Crippen LogP contribution in [0.3, 0.4) is 0 Å². The summed E-state index contributed by atoms with van der Waals surface area (Å²) >= 11 is 3.72. The van der Waals surface area contributed by atoms with Gasteiger partial charge >= 0.3 is 0 Å². The van der Waals surface area contributed by atoms with Gasteiger partial charge in [-0.25, -0.2) is 15.0 Å². The zero-order valence-corrected chi connectivity index (χ0v) is 28.7. The molecule has 7 aromatic carbocycles. The van der Waals surface area contributed by atoms with Crippen molar-refractivity contribution < 1.29 is 0 Å². The van der Waals surface area contributed by atoms with Crippen LogP contribution in [0.25, 0.3) is 102 Å². The summed E-state index contributed by atoms with van der Waals surface area (Å²) in [5, 5.41) is 7.64. The Morgan fingerprint density at radius 1 is 0.373 bits per heavy atom. The van der Waals surface area contributed by atoms with Gasteiger partial charge < -0.3 is 4.57 Å². The van der Waals surface area contributed by atoms with Crippen molar-refractivity contribution in [1.82, 2.24) is 19.5 Å². The molecule has 0 saturated carbocycles. The molecule has 4 aromatic heterocycles. The maximum atomic E-state index is 5.09. The summed E-state index contributed by atoms with van der Waals surface area (Å²) in [6.45, 7) is 0. The zero-order chi connectivity index (χ0) is 33.5. The first-order chi connectivity index (χ1) is 25.3. The van der Waals surface area contributed by atoms with E-state index in [0.29, 0.717) is 17.5 Å². The van der Waals surface area contributed by atoms with Crippen LogP contribution in [0, 0.1) is 0 Å². The number of hydrogen-bond acceptors (Lipinski definition) is 5. The summed E-state index contributed by atoms with van der Waals surface area (Å²) in [4.78, 5) is 15.1. The molecule has 0 fully saturated rings. The van der Waals surface area contributed by atoms with Crippen molar-refractivity contribution >= 4 is 84.8 Å². The molecule has 0 unspecified atom stereocenters. The van der Waals surface area contributed by atoms with Crippen LogP contribution >= 0.6 is 22.7 Å². The number of nitrogens with zero attached hydrogens (tertiary/aromatic N) is 4. The summed E-state index contributed by atoms with van der Waals surface area (Å²) in [7, 11) is 0. The lowest BCUT2D eigenvalue weighted by Crippen LogP contribution is -2.00. The van der Waals surface area contributed by atoms with Gasteiger partial charge in [0.25, 0.3) is 0 Å². The molecule has 0 aliphatic heterocycles. The van der Waals surface area contributed by atoms with Crippen molar-refractivity contribution in [2.24, 2.45) is 0 Å². The quantitative estimate of drug-likeness (QED) is 0.185. The van der Waals surface area contributed by atoms with E-state index in [2.05, 4.69) is 126 Å². The monoisotopic (exact) mass is 686 g/mol. The van der Waals surface area contributed by atoms with Crippen molar-refractivity contribution in [2.75, 3.05) is 0 Å². The molecule has 51 heavy (non-hydrogen) atoms. The minimum Gasteiger partial charge on any atom is -0.308 e. The molecule has 4 nitrogen and oxygen atoms in total. The molecular weight excluding hydrogens is 661 g/mol. The summed E-state index contributed by atoms with van der Waals surface area (Å²) in [5.74, 6) is 2.02. The SMILES string of the molecule is c1ccc(-c2nc(-c3ccccc3)nc(-c3cccc4c3sc3ccc5c6cccc(-n7c8ccccc8c8ccccc87)c6sc5c34)n2)cc1. The van der Waals surface area contributed by atoms with Crippen LogP contribution in [-0.2, 0) is 0 Å². The molecule has 0 spiro atoms. The lowest BCUT2D eigenvalue weighted by Gasteiger charge is -2.09. The first kappa shape index (κ1) is 28.6. The van der Waals surface area contributed by atoms with E-state index in [1.165, 1.54) is 67.8 Å². The highest BCUT2D eigenvalue weighted by Crippen LogP contribution is 2.48. The third kappa shape index (κ3) is 4.34. The molecule has 0 bridgehead atoms. The van der Waals surface area contributed by atoms with Crippen LogP contribution < -0.4 is 0 Å². The molecule has 0 atom stereocenters. The number of aromatic nitrogens is 4. The second-order valence-corrected chi connectivity index (χ2v) is 14.8. The van der Waals surface area contributed by atoms with Gasteiger partial charge in [-0.3, -0.25) is 0 Å². The molecule has 0 amide bonds. The standard InChI is InChI=1S/C45H26N4S2/c1-3-13-27(14-4-1)43-46-44(28-15-5-2-6-16-28)48-45(47-43)34-21-11-20-33-39-38(50-40(33)34)26-25-32-31-19-12-24-37(41(31)51-42(32)39)49-35-22-9-7-17-29(35)30-18-8-10-23-36(30)49/h1-26H. The number of thiophene rings is 2. The zero-order valence-electron chi connectivity index (χ0n) is 27.1. The number of para-hydroxylation sites is 2. The first-order valence-electron chi connectivity index (χ1n) is 17.0. The molecule has 11 aromatic rings. The van der Waals surface area contributed by atoms with Gasteiger partial charge in [-0.05, 0) is 30.3 Å². The number of rotatable bonds is 4. The summed E-state index contributed by atoms with van der Waals surface area (Å²) < 4.78 is 7.49. The number of hydrogen-bond donors (Lipinski definition) is 0. The molecule has 0 N–H and O–H groups in total. The van der Waals surface area contributed by atoms with Gasteiger partial charge in [0.15, 0.2) is 17.5 Å². The number of fused-ring (bicyclic) bond motifs is 10. The van der Waals surface area contributed by atoms with Crippen molar-refractivity contribution in [3.63, 3.8) is 0 Å². The molecule has 0 saturated heterocycles. The molecule has 0 aliphatic carbocycles. The van der Waals surface area contributed by atoms with E-state index in [1.807, 2.05) is 59.1 Å². The van der Waals surface area contributed by atoms with Crippen molar-refractivity contribution in [1.29, 1.82) is 0 Å². The molecule has 6 heteroatoms. The Labute approximate surface area is 300 Å². The molecule has 238 valence electrons. The van der Waals surface area contributed by atoms with E-state index in [0.717, 1.165) is 16.7 Å². The Bertz CT molecular complexity index is 3030. The van der Waals surface area contributed by atoms with Crippen LogP contribution in [0.1, 0.15) is 0 Å². The van der Waals surface area contributed by atoms with Gasteiger partial charge in [-0.1, -0.05) is 127 Å². The van der Waals surface area contributed by atoms with Crippen molar-refractivity contribution in [2.45, 2.75) is 0 Å². The van der Waals surface area contributed by atoms with Gasteiger partial charge in [0.05, 0.1) is 21.4 Å². The minimum atomic E-state index is 0.669. The molecule has 0 aliphatic rings. The lowest BCUT2D eigenvalue weighted by atomic mass is 10.1. The maximum absolute atomic E-state index is 5.09. The average Bonchev–Trinajstić information content (AvgIpc) is 3.88. The third-order valence-electron chi connectivity index (χ3n) is 9.87. The van der Waals surface area contributed by atoms with Crippen molar-refractivity contribution in [3.8, 4) is 39.9 Å². The molecule has 11 rings (SSSR count). The van der Waals surface area contributed by atoms with E-state index in [1.54, 1.807) is 0 Å². The Kier molecular flexibility index (Phi) is 6.26. The highest BCUT2D eigenvalue weighted by Gasteiger charge is 2.21. The van der Waals surface area contributed by atoms with Gasteiger partial charge in [-0.2, -0.15) is 0 Å². The lowest BCUT2D eigenvalue weighted by molar-refractivity contribution is 1.08. The van der Waals surface area contributed by atoms with Crippen LogP contribution in [0.15, 0.2) is 158 Å². The topological polar surface area (TPSA) is 43.6 Å². The second kappa shape index (κ2) is 11.2. The van der Waals surface area contributed by atoms with Crippen LogP contribution in [-0.4, -0.2) is 19.5 Å². The molecule has 4 heterocycles. The average molecular weight is 687 g/mol. The summed E-state index contributed by atoms with van der Waals surface area (Å²) in [6.07, 6.45) is 0. The molecule has 0 radical (unpaired) electrons. The fourth-order valence-corrected chi connectivity index (χ4v) is 10.2. The van der Waals surface area contributed by atoms with Gasteiger partial charge in [0, 0.05) is 63.1 Å². The Morgan fingerprint density at radius 3 is 1.61 bits per heavy atom. The largest absolute Gasteiger partial charge is 0.308 e. The fraction of sp³-hybridized carbons (Fsp3) is 0. The fourth-order valence-electron chi connectivity index (χ4n) is 7.59. The molecular formula is C45H26N4S2. The first-order valence-corrected chi connectivity index (χ1v) is 18.6. The van der Waals surface area contributed by atoms with E-state index < -0.39 is 0 Å². The second-order valence-electron chi connectivity index (χ2n) is 12.8. The normalized spacial score (nSPS) is 11.9. The number of benzene rings is 7. The van der Waals surface area contributed by atoms with Crippen LogP contribution in [0.4, 0.5) is 0 Å². The van der Waals surface area contributed by atoms with Gasteiger partial charge in [0.1, 0.15) is 0 Å². The highest BCUT2D eigenvalue weighted by atomic mass is 32.1. The van der Waals surface area contributed by atoms with E-state index in [9.17, 15) is 0 Å². The Balaban J connectivity index is 1.16. The van der Waals surface area contributed by atoms with Gasteiger partial charge in [-0.15, -0.1) is 22.7 Å². The predicted octanol–water partition coefficient (Wildman–Crippen LogP) is 12.7. The smallest absolute Gasteiger partial charge is 0.165 e. The predicted molar refractivity (Wildman–Crippen MR) is 216 cm³/mol. The van der Waals surface area contributed by atoms with E-state index in [4.69, 9.17) is 15.0 Å². The Hall–Kier alpha value is -6.21. The van der Waals surface area contributed by atoms with Gasteiger partial charge in [0.2, 0.25) is 0 Å². The van der Waals surface area contributed by atoms with Crippen molar-refractivity contribution in [3.05, 3.63) is 158 Å². The minimum absolute atomic E-state index is 0.669. The maximum Gasteiger partial charge on any atom is 0.165 e. The Morgan fingerprint density at radius 2 is 0.922 bits per heavy atom. The highest BCUT2D eigenvalue weighted by molar-refractivity contribution is 7.30. The third-order valence-corrected chi connectivity index (χ3v) is 12.3. The van der Waals surface area contributed by atoms with Crippen LogP contribution in [0.2, 0.25) is 0 Å². The van der Waals surface area contributed by atoms with Crippen LogP contribution in [0.5, 0.6) is 0 Å². The van der Waals surface area contributed by atoms with E-state index >= 15 is 0 Å². The van der Waals surface area contributed by atoms with E-state index in [-0.39, 0.29) is 0 Å². The summed E-state index contributed by atoms with van der Waals surface area (Å²) in [6, 6.07) is 55.7.